The van der Waals surface area contributed by atoms with E-state index in [1.807, 2.05) is 0 Å². The third-order valence-corrected chi connectivity index (χ3v) is 7.11. The number of carbonyl (C=O) groups excluding carboxylic acids is 2. The SMILES string of the molecule is CCCCCCCCCCCCCCCC(=O)OC(COC(=O)CCCCCCCCC)COP(=O)(O)O. The minimum Gasteiger partial charge on any atom is -0.462 e. The fourth-order valence-electron chi connectivity index (χ4n) is 4.31. The normalized spacial score (nSPS) is 12.4. The lowest BCUT2D eigenvalue weighted by Gasteiger charge is -2.18. The molecule has 0 aliphatic rings. The summed E-state index contributed by atoms with van der Waals surface area (Å²) in [6.07, 6.45) is 22.7. The first-order valence-electron chi connectivity index (χ1n) is 15.3. The van der Waals surface area contributed by atoms with Crippen molar-refractivity contribution in [2.75, 3.05) is 13.2 Å². The van der Waals surface area contributed by atoms with Crippen molar-refractivity contribution >= 4 is 19.8 Å². The molecule has 0 spiro atoms. The fourth-order valence-corrected chi connectivity index (χ4v) is 4.67. The molecule has 0 amide bonds. The zero-order chi connectivity index (χ0) is 28.3. The van der Waals surface area contributed by atoms with Crippen molar-refractivity contribution in [2.45, 2.75) is 161 Å². The minimum atomic E-state index is -4.73. The van der Waals surface area contributed by atoms with Gasteiger partial charge in [0.1, 0.15) is 6.61 Å². The molecule has 0 aromatic carbocycles. The summed E-state index contributed by atoms with van der Waals surface area (Å²) in [4.78, 5) is 42.2. The van der Waals surface area contributed by atoms with Crippen LogP contribution in [0.25, 0.3) is 0 Å². The first-order chi connectivity index (χ1) is 18.3. The highest BCUT2D eigenvalue weighted by atomic mass is 31.2. The van der Waals surface area contributed by atoms with Crippen molar-refractivity contribution in [1.82, 2.24) is 0 Å². The Labute approximate surface area is 232 Å². The number of carbonyl (C=O) groups is 2. The first-order valence-corrected chi connectivity index (χ1v) is 16.9. The van der Waals surface area contributed by atoms with Crippen molar-refractivity contribution in [3.8, 4) is 0 Å². The van der Waals surface area contributed by atoms with Crippen LogP contribution in [0.4, 0.5) is 0 Å². The molecule has 0 radical (unpaired) electrons. The summed E-state index contributed by atoms with van der Waals surface area (Å²) >= 11 is 0. The summed E-state index contributed by atoms with van der Waals surface area (Å²) < 4.78 is 26.0. The molecule has 0 aliphatic carbocycles. The predicted octanol–water partition coefficient (Wildman–Crippen LogP) is 8.17. The van der Waals surface area contributed by atoms with Gasteiger partial charge in [-0.15, -0.1) is 0 Å². The van der Waals surface area contributed by atoms with Gasteiger partial charge in [-0.1, -0.05) is 129 Å². The highest BCUT2D eigenvalue weighted by molar-refractivity contribution is 7.46. The number of esters is 2. The number of phosphoric acid groups is 1. The zero-order valence-corrected chi connectivity index (χ0v) is 25.2. The van der Waals surface area contributed by atoms with Gasteiger partial charge in [-0.25, -0.2) is 4.57 Å². The van der Waals surface area contributed by atoms with E-state index in [9.17, 15) is 14.2 Å². The van der Waals surface area contributed by atoms with Crippen molar-refractivity contribution in [3.05, 3.63) is 0 Å². The number of hydrogen-bond acceptors (Lipinski definition) is 6. The first kappa shape index (κ1) is 37.0. The molecule has 8 nitrogen and oxygen atoms in total. The second-order valence-electron chi connectivity index (χ2n) is 10.4. The van der Waals surface area contributed by atoms with E-state index in [2.05, 4.69) is 18.4 Å². The van der Waals surface area contributed by atoms with Gasteiger partial charge in [0, 0.05) is 12.8 Å². The quantitative estimate of drug-likeness (QED) is 0.0555. The van der Waals surface area contributed by atoms with E-state index < -0.39 is 32.5 Å². The predicted molar refractivity (Wildman–Crippen MR) is 152 cm³/mol. The number of ether oxygens (including phenoxy) is 2. The van der Waals surface area contributed by atoms with Gasteiger partial charge < -0.3 is 19.3 Å². The molecule has 0 fully saturated rings. The summed E-state index contributed by atoms with van der Waals surface area (Å²) in [5, 5.41) is 0. The lowest BCUT2D eigenvalue weighted by Crippen LogP contribution is -2.29. The number of unbranched alkanes of at least 4 members (excludes halogenated alkanes) is 18. The Balaban J connectivity index is 4.00. The molecule has 0 heterocycles. The molecule has 0 aromatic rings. The molecule has 0 bridgehead atoms. The Kier molecular flexibility index (Phi) is 25.6. The van der Waals surface area contributed by atoms with Crippen LogP contribution in [-0.4, -0.2) is 41.0 Å². The van der Waals surface area contributed by atoms with E-state index in [4.69, 9.17) is 19.3 Å². The monoisotopic (exact) mass is 564 g/mol. The average Bonchev–Trinajstić information content (AvgIpc) is 2.87. The zero-order valence-electron chi connectivity index (χ0n) is 24.3. The Morgan fingerprint density at radius 1 is 0.579 bits per heavy atom. The lowest BCUT2D eigenvalue weighted by molar-refractivity contribution is -0.161. The van der Waals surface area contributed by atoms with Gasteiger partial charge in [0.15, 0.2) is 6.10 Å². The Morgan fingerprint density at radius 2 is 0.947 bits per heavy atom. The molecule has 226 valence electrons. The molecule has 2 N–H and O–H groups in total. The van der Waals surface area contributed by atoms with Gasteiger partial charge in [0.2, 0.25) is 0 Å². The van der Waals surface area contributed by atoms with E-state index in [1.54, 1.807) is 0 Å². The van der Waals surface area contributed by atoms with Crippen molar-refractivity contribution in [2.24, 2.45) is 0 Å². The Hall–Kier alpha value is -0.950. The van der Waals surface area contributed by atoms with Gasteiger partial charge in [0.05, 0.1) is 6.61 Å². The lowest BCUT2D eigenvalue weighted by atomic mass is 10.0. The molecule has 1 unspecified atom stereocenters. The van der Waals surface area contributed by atoms with Crippen LogP contribution in [0.1, 0.15) is 155 Å². The van der Waals surface area contributed by atoms with Crippen LogP contribution in [0.15, 0.2) is 0 Å². The second kappa shape index (κ2) is 26.3. The molecule has 0 aromatic heterocycles. The van der Waals surface area contributed by atoms with Crippen LogP contribution in [0.5, 0.6) is 0 Å². The highest BCUT2D eigenvalue weighted by Crippen LogP contribution is 2.35. The van der Waals surface area contributed by atoms with Crippen molar-refractivity contribution < 1.29 is 37.9 Å². The van der Waals surface area contributed by atoms with Crippen LogP contribution < -0.4 is 0 Å². The third-order valence-electron chi connectivity index (χ3n) is 6.63. The molecular formula is C29H57O8P. The van der Waals surface area contributed by atoms with E-state index in [0.717, 1.165) is 32.1 Å². The highest BCUT2D eigenvalue weighted by Gasteiger charge is 2.22. The summed E-state index contributed by atoms with van der Waals surface area (Å²) in [6.45, 7) is 3.60. The van der Waals surface area contributed by atoms with E-state index in [0.29, 0.717) is 6.42 Å². The smallest absolute Gasteiger partial charge is 0.462 e. The molecule has 1 atom stereocenters. The molecule has 0 rings (SSSR count). The minimum absolute atomic E-state index is 0.218. The Bertz CT molecular complexity index is 607. The molecule has 9 heteroatoms. The topological polar surface area (TPSA) is 119 Å². The summed E-state index contributed by atoms with van der Waals surface area (Å²) in [5.74, 6) is -0.886. The van der Waals surface area contributed by atoms with Gasteiger partial charge in [0.25, 0.3) is 0 Å². The van der Waals surface area contributed by atoms with Crippen molar-refractivity contribution in [3.63, 3.8) is 0 Å². The number of rotatable bonds is 28. The summed E-state index contributed by atoms with van der Waals surface area (Å²) in [5.41, 5.74) is 0. The van der Waals surface area contributed by atoms with Crippen LogP contribution >= 0.6 is 7.82 Å². The maximum absolute atomic E-state index is 12.2. The summed E-state index contributed by atoms with van der Waals surface area (Å²) in [7, 11) is -4.73. The van der Waals surface area contributed by atoms with E-state index in [1.165, 1.54) is 89.9 Å². The number of hydrogen-bond donors (Lipinski definition) is 2. The van der Waals surface area contributed by atoms with Gasteiger partial charge in [-0.3, -0.25) is 14.1 Å². The molecule has 38 heavy (non-hydrogen) atoms. The van der Waals surface area contributed by atoms with Crippen LogP contribution in [0, 0.1) is 0 Å². The molecule has 0 saturated carbocycles. The fraction of sp³-hybridized carbons (Fsp3) is 0.931. The molecule has 0 saturated heterocycles. The maximum Gasteiger partial charge on any atom is 0.469 e. The van der Waals surface area contributed by atoms with Crippen molar-refractivity contribution in [1.29, 1.82) is 0 Å². The summed E-state index contributed by atoms with van der Waals surface area (Å²) in [6, 6.07) is 0. The van der Waals surface area contributed by atoms with Crippen LogP contribution in [-0.2, 0) is 28.2 Å². The van der Waals surface area contributed by atoms with Gasteiger partial charge >= 0.3 is 19.8 Å². The Morgan fingerprint density at radius 3 is 1.34 bits per heavy atom. The number of phosphoric ester groups is 1. The molecular weight excluding hydrogens is 507 g/mol. The average molecular weight is 565 g/mol. The largest absolute Gasteiger partial charge is 0.469 e. The van der Waals surface area contributed by atoms with Crippen LogP contribution in [0.2, 0.25) is 0 Å². The van der Waals surface area contributed by atoms with Gasteiger partial charge in [-0.2, -0.15) is 0 Å². The van der Waals surface area contributed by atoms with E-state index in [-0.39, 0.29) is 19.4 Å². The molecule has 0 aliphatic heterocycles. The third kappa shape index (κ3) is 28.1. The maximum atomic E-state index is 12.2. The van der Waals surface area contributed by atoms with Gasteiger partial charge in [-0.05, 0) is 12.8 Å². The standard InChI is InChI=1S/C29H57O8P/c1-3-5-7-9-11-12-13-14-15-16-18-20-22-24-29(31)37-27(26-36-38(32,33)34)25-35-28(30)23-21-19-17-10-8-6-4-2/h27H,3-26H2,1-2H3,(H2,32,33,34). The second-order valence-corrected chi connectivity index (χ2v) is 11.7. The van der Waals surface area contributed by atoms with E-state index >= 15 is 0 Å². The van der Waals surface area contributed by atoms with Crippen LogP contribution in [0.3, 0.4) is 0 Å².